The van der Waals surface area contributed by atoms with Gasteiger partial charge in [-0.1, -0.05) is 121 Å². The Kier molecular flexibility index (Phi) is 6.86. The van der Waals surface area contributed by atoms with Crippen molar-refractivity contribution < 1.29 is 8.83 Å². The smallest absolute Gasteiger partial charge is 0.161 e. The molecule has 0 aliphatic rings. The molecule has 0 unspecified atom stereocenters. The van der Waals surface area contributed by atoms with Crippen LogP contribution in [-0.2, 0) is 0 Å². The summed E-state index contributed by atoms with van der Waals surface area (Å²) < 4.78 is 15.2. The summed E-state index contributed by atoms with van der Waals surface area (Å²) in [7, 11) is 0. The van der Waals surface area contributed by atoms with Gasteiger partial charge < -0.3 is 13.4 Å². The molecule has 8 aromatic carbocycles. The van der Waals surface area contributed by atoms with Gasteiger partial charge in [-0.25, -0.2) is 9.97 Å². The van der Waals surface area contributed by atoms with Crippen molar-refractivity contribution >= 4 is 65.7 Å². The summed E-state index contributed by atoms with van der Waals surface area (Å²) in [4.78, 5) is 10.5. The van der Waals surface area contributed by atoms with Gasteiger partial charge in [-0.2, -0.15) is 0 Å². The average Bonchev–Trinajstić information content (AvgIpc) is 3.96. The molecule has 5 nitrogen and oxygen atoms in total. The first-order valence-electron chi connectivity index (χ1n) is 19.1. The van der Waals surface area contributed by atoms with Crippen molar-refractivity contribution in [3.63, 3.8) is 0 Å². The Bertz CT molecular complexity index is 3520. The molecule has 4 aromatic heterocycles. The lowest BCUT2D eigenvalue weighted by molar-refractivity contribution is 0.668. The van der Waals surface area contributed by atoms with E-state index in [1.807, 2.05) is 48.5 Å². The van der Waals surface area contributed by atoms with Crippen LogP contribution in [0.15, 0.2) is 197 Å². The summed E-state index contributed by atoms with van der Waals surface area (Å²) >= 11 is 0. The van der Waals surface area contributed by atoms with Gasteiger partial charge in [0.25, 0.3) is 0 Å². The van der Waals surface area contributed by atoms with Gasteiger partial charge in [0.1, 0.15) is 22.3 Å². The zero-order valence-electron chi connectivity index (χ0n) is 30.6. The minimum Gasteiger partial charge on any atom is -0.456 e. The third-order valence-electron chi connectivity index (χ3n) is 11.2. The molecule has 0 aliphatic carbocycles. The Morgan fingerprint density at radius 2 is 0.982 bits per heavy atom. The van der Waals surface area contributed by atoms with Crippen molar-refractivity contribution in [3.8, 4) is 50.7 Å². The molecular weight excluding hydrogens is 699 g/mol. The zero-order chi connectivity index (χ0) is 37.5. The number of rotatable bonds is 5. The molecule has 0 bridgehead atoms. The molecule has 0 saturated carbocycles. The van der Waals surface area contributed by atoms with Gasteiger partial charge in [-0.15, -0.1) is 0 Å². The second-order valence-corrected chi connectivity index (χ2v) is 14.5. The van der Waals surface area contributed by atoms with Crippen LogP contribution in [0.4, 0.5) is 0 Å². The highest BCUT2D eigenvalue weighted by Crippen LogP contribution is 2.42. The van der Waals surface area contributed by atoms with E-state index in [1.165, 1.54) is 16.3 Å². The number of aromatic nitrogens is 3. The van der Waals surface area contributed by atoms with Crippen LogP contribution in [0.3, 0.4) is 0 Å². The lowest BCUT2D eigenvalue weighted by Gasteiger charge is -2.10. The van der Waals surface area contributed by atoms with Gasteiger partial charge in [-0.05, 0) is 77.9 Å². The van der Waals surface area contributed by atoms with E-state index in [0.29, 0.717) is 5.82 Å². The standard InChI is InChI=1S/C52H31N3O2/c1-3-13-32(14-4-1)42-31-43(34-25-27-38-37-17-8-10-23-46(37)57-49(38)30-34)54-52(53-42)40-20-12-24-48-51(40)41-29-33(26-28-47(41)56-48)36-19-11-22-45-50(36)39-18-7-9-21-44(39)55(45)35-15-5-2-6-16-35/h1-31H. The predicted octanol–water partition coefficient (Wildman–Crippen LogP) is 14.0. The Balaban J connectivity index is 1.07. The van der Waals surface area contributed by atoms with Crippen molar-refractivity contribution in [2.24, 2.45) is 0 Å². The summed E-state index contributed by atoms with van der Waals surface area (Å²) in [5.74, 6) is 0.628. The summed E-state index contributed by atoms with van der Waals surface area (Å²) in [5.41, 5.74) is 13.6. The maximum Gasteiger partial charge on any atom is 0.161 e. The molecule has 0 atom stereocenters. The topological polar surface area (TPSA) is 57.0 Å². The minimum absolute atomic E-state index is 0.628. The molecule has 0 spiro atoms. The zero-order valence-corrected chi connectivity index (χ0v) is 30.6. The first-order chi connectivity index (χ1) is 28.2. The number of fused-ring (bicyclic) bond motifs is 9. The second kappa shape index (κ2) is 12.4. The monoisotopic (exact) mass is 729 g/mol. The van der Waals surface area contributed by atoms with E-state index < -0.39 is 0 Å². The molecule has 266 valence electrons. The fourth-order valence-electron chi connectivity index (χ4n) is 8.65. The molecule has 5 heteroatoms. The van der Waals surface area contributed by atoms with Crippen LogP contribution in [0.25, 0.3) is 116 Å². The maximum atomic E-state index is 6.56. The second-order valence-electron chi connectivity index (χ2n) is 14.5. The van der Waals surface area contributed by atoms with E-state index in [-0.39, 0.29) is 0 Å². The first kappa shape index (κ1) is 31.6. The van der Waals surface area contributed by atoms with Gasteiger partial charge in [0.15, 0.2) is 5.82 Å². The van der Waals surface area contributed by atoms with Gasteiger partial charge in [-0.3, -0.25) is 0 Å². The Labute approximate surface area is 326 Å². The number of furan rings is 2. The molecule has 0 radical (unpaired) electrons. The van der Waals surface area contributed by atoms with Crippen LogP contribution >= 0.6 is 0 Å². The molecule has 4 heterocycles. The molecule has 0 amide bonds. The van der Waals surface area contributed by atoms with E-state index >= 15 is 0 Å². The van der Waals surface area contributed by atoms with Crippen molar-refractivity contribution in [1.82, 2.24) is 14.5 Å². The molecule has 12 rings (SSSR count). The summed E-state index contributed by atoms with van der Waals surface area (Å²) in [6, 6.07) is 65.4. The van der Waals surface area contributed by atoms with E-state index in [0.717, 1.165) is 94.3 Å². The van der Waals surface area contributed by atoms with Crippen molar-refractivity contribution in [1.29, 1.82) is 0 Å². The molecule has 0 saturated heterocycles. The number of hydrogen-bond donors (Lipinski definition) is 0. The number of benzene rings is 8. The van der Waals surface area contributed by atoms with Crippen LogP contribution in [0.5, 0.6) is 0 Å². The number of para-hydroxylation sites is 3. The van der Waals surface area contributed by atoms with Crippen molar-refractivity contribution in [2.45, 2.75) is 0 Å². The molecule has 57 heavy (non-hydrogen) atoms. The summed E-state index contributed by atoms with van der Waals surface area (Å²) in [5, 5.41) is 6.61. The SMILES string of the molecule is c1ccc(-c2cc(-c3ccc4c(c3)oc3ccccc34)nc(-c3cccc4oc5ccc(-c6cccc7c6c6ccccc6n7-c6ccccc6)cc5c34)n2)cc1. The average molecular weight is 730 g/mol. The lowest BCUT2D eigenvalue weighted by Crippen LogP contribution is -1.96. The fourth-order valence-corrected chi connectivity index (χ4v) is 8.65. The van der Waals surface area contributed by atoms with Crippen molar-refractivity contribution in [3.05, 3.63) is 188 Å². The van der Waals surface area contributed by atoms with Crippen LogP contribution < -0.4 is 0 Å². The number of hydrogen-bond acceptors (Lipinski definition) is 4. The Hall–Kier alpha value is -7.76. The highest BCUT2D eigenvalue weighted by molar-refractivity contribution is 6.18. The first-order valence-corrected chi connectivity index (χ1v) is 19.1. The van der Waals surface area contributed by atoms with Crippen LogP contribution in [-0.4, -0.2) is 14.5 Å². The van der Waals surface area contributed by atoms with E-state index in [4.69, 9.17) is 18.8 Å². The van der Waals surface area contributed by atoms with E-state index in [1.54, 1.807) is 0 Å². The summed E-state index contributed by atoms with van der Waals surface area (Å²) in [6.45, 7) is 0. The quantitative estimate of drug-likeness (QED) is 0.177. The molecule has 0 fully saturated rings. The van der Waals surface area contributed by atoms with Crippen LogP contribution in [0.2, 0.25) is 0 Å². The van der Waals surface area contributed by atoms with Crippen LogP contribution in [0.1, 0.15) is 0 Å². The molecular formula is C52H31N3O2. The largest absolute Gasteiger partial charge is 0.456 e. The Morgan fingerprint density at radius 3 is 1.86 bits per heavy atom. The van der Waals surface area contributed by atoms with E-state index in [9.17, 15) is 0 Å². The normalized spacial score (nSPS) is 11.9. The fraction of sp³-hybridized carbons (Fsp3) is 0. The highest BCUT2D eigenvalue weighted by atomic mass is 16.3. The summed E-state index contributed by atoms with van der Waals surface area (Å²) in [6.07, 6.45) is 0. The van der Waals surface area contributed by atoms with Crippen LogP contribution in [0, 0.1) is 0 Å². The third-order valence-corrected chi connectivity index (χ3v) is 11.2. The van der Waals surface area contributed by atoms with Gasteiger partial charge in [0.05, 0.1) is 22.4 Å². The van der Waals surface area contributed by atoms with Gasteiger partial charge in [0.2, 0.25) is 0 Å². The third kappa shape index (κ3) is 4.96. The molecule has 0 N–H and O–H groups in total. The number of nitrogens with zero attached hydrogens (tertiary/aromatic N) is 3. The maximum absolute atomic E-state index is 6.56. The lowest BCUT2D eigenvalue weighted by atomic mass is 9.97. The minimum atomic E-state index is 0.628. The molecule has 12 aromatic rings. The van der Waals surface area contributed by atoms with Crippen molar-refractivity contribution in [2.75, 3.05) is 0 Å². The predicted molar refractivity (Wildman–Crippen MR) is 233 cm³/mol. The molecule has 0 aliphatic heterocycles. The highest BCUT2D eigenvalue weighted by Gasteiger charge is 2.20. The van der Waals surface area contributed by atoms with E-state index in [2.05, 4.69) is 144 Å². The Morgan fingerprint density at radius 1 is 0.351 bits per heavy atom. The van der Waals surface area contributed by atoms with Gasteiger partial charge in [0, 0.05) is 54.7 Å². The van der Waals surface area contributed by atoms with Gasteiger partial charge >= 0.3 is 0 Å².